The molecule has 118 valence electrons. The van der Waals surface area contributed by atoms with Gasteiger partial charge in [-0.3, -0.25) is 0 Å². The second-order valence-electron chi connectivity index (χ2n) is 7.13. The van der Waals surface area contributed by atoms with Crippen LogP contribution < -0.4 is 0 Å². The third-order valence-corrected chi connectivity index (χ3v) is 5.25. The molecule has 0 bridgehead atoms. The molecule has 2 rings (SSSR count). The molecule has 0 amide bonds. The van der Waals surface area contributed by atoms with Crippen LogP contribution >= 0.6 is 0 Å². The Hall–Kier alpha value is -0.120. The standard InChI is InChI=1S/C17H35N3/c1-14(2)19-10-6-16(7-11-19)18(5)17-8-12-20(13-9-17)15(3)4/h14-17H,6-13H2,1-5H3/i5D3. The van der Waals surface area contributed by atoms with Gasteiger partial charge in [0.2, 0.25) is 0 Å². The van der Waals surface area contributed by atoms with E-state index in [1.165, 1.54) is 0 Å². The summed E-state index contributed by atoms with van der Waals surface area (Å²) in [5.74, 6) is 0. The van der Waals surface area contributed by atoms with E-state index < -0.39 is 6.98 Å². The molecule has 2 aliphatic rings. The molecule has 0 N–H and O–H groups in total. The molecule has 0 atom stereocenters. The van der Waals surface area contributed by atoms with Gasteiger partial charge in [0.15, 0.2) is 0 Å². The first-order valence-electron chi connectivity index (χ1n) is 9.96. The molecule has 3 nitrogen and oxygen atoms in total. The average Bonchev–Trinajstić information content (AvgIpc) is 2.47. The first-order chi connectivity index (χ1) is 10.7. The first-order valence-corrected chi connectivity index (χ1v) is 8.46. The number of hydrogen-bond donors (Lipinski definition) is 0. The maximum Gasteiger partial charge on any atom is 0.0394 e. The van der Waals surface area contributed by atoms with Crippen LogP contribution in [0.4, 0.5) is 0 Å². The minimum atomic E-state index is -1.96. The Morgan fingerprint density at radius 3 is 1.40 bits per heavy atom. The van der Waals surface area contributed by atoms with Crippen LogP contribution in [0.15, 0.2) is 0 Å². The van der Waals surface area contributed by atoms with Gasteiger partial charge in [-0.25, -0.2) is 0 Å². The van der Waals surface area contributed by atoms with Gasteiger partial charge in [0, 0.05) is 28.3 Å². The predicted octanol–water partition coefficient (Wildman–Crippen LogP) is 2.66. The average molecular weight is 285 g/mol. The largest absolute Gasteiger partial charge is 0.301 e. The Morgan fingerprint density at radius 2 is 1.15 bits per heavy atom. The van der Waals surface area contributed by atoms with Crippen molar-refractivity contribution < 1.29 is 4.11 Å². The fraction of sp³-hybridized carbons (Fsp3) is 1.00. The molecule has 0 spiro atoms. The van der Waals surface area contributed by atoms with Crippen molar-refractivity contribution >= 4 is 0 Å². The van der Waals surface area contributed by atoms with Gasteiger partial charge in [-0.2, -0.15) is 0 Å². The van der Waals surface area contributed by atoms with Crippen molar-refractivity contribution in [1.82, 2.24) is 14.7 Å². The first kappa shape index (κ1) is 12.4. The minimum Gasteiger partial charge on any atom is -0.301 e. The van der Waals surface area contributed by atoms with Crippen LogP contribution in [0, 0.1) is 0 Å². The quantitative estimate of drug-likeness (QED) is 0.786. The fourth-order valence-electron chi connectivity index (χ4n) is 3.66. The summed E-state index contributed by atoms with van der Waals surface area (Å²) in [6, 6.07) is 1.55. The molecular formula is C17H35N3. The highest BCUT2D eigenvalue weighted by atomic mass is 15.2. The lowest BCUT2D eigenvalue weighted by Crippen LogP contribution is -2.52. The van der Waals surface area contributed by atoms with Crippen molar-refractivity contribution in [3.05, 3.63) is 0 Å². The Kier molecular flexibility index (Phi) is 4.50. The maximum absolute atomic E-state index is 8.06. The van der Waals surface area contributed by atoms with Crippen molar-refractivity contribution in [2.24, 2.45) is 0 Å². The van der Waals surface area contributed by atoms with Gasteiger partial charge < -0.3 is 14.7 Å². The molecule has 2 saturated heterocycles. The van der Waals surface area contributed by atoms with Gasteiger partial charge in [-0.15, -0.1) is 0 Å². The third kappa shape index (κ3) is 3.96. The van der Waals surface area contributed by atoms with Crippen molar-refractivity contribution in [1.29, 1.82) is 0 Å². The lowest BCUT2D eigenvalue weighted by Gasteiger charge is -2.44. The van der Waals surface area contributed by atoms with Crippen molar-refractivity contribution in [2.75, 3.05) is 33.2 Å². The van der Waals surface area contributed by atoms with Gasteiger partial charge in [0.05, 0.1) is 0 Å². The molecule has 3 heteroatoms. The highest BCUT2D eigenvalue weighted by molar-refractivity contribution is 4.86. The Balaban J connectivity index is 1.99. The molecule has 0 unspecified atom stereocenters. The number of piperidine rings is 2. The summed E-state index contributed by atoms with van der Waals surface area (Å²) in [5.41, 5.74) is 0. The summed E-state index contributed by atoms with van der Waals surface area (Å²) < 4.78 is 24.2. The van der Waals surface area contributed by atoms with E-state index >= 15 is 0 Å². The van der Waals surface area contributed by atoms with Crippen LogP contribution in [0.2, 0.25) is 0 Å². The van der Waals surface area contributed by atoms with E-state index in [0.717, 1.165) is 51.9 Å². The van der Waals surface area contributed by atoms with E-state index in [4.69, 9.17) is 4.11 Å². The summed E-state index contributed by atoms with van der Waals surface area (Å²) in [6.45, 7) is 11.0. The van der Waals surface area contributed by atoms with Crippen LogP contribution in [-0.2, 0) is 0 Å². The molecule has 0 saturated carbocycles. The molecule has 0 aromatic rings. The molecule has 0 aliphatic carbocycles. The van der Waals surface area contributed by atoms with E-state index in [1.54, 1.807) is 0 Å². The zero-order valence-corrected chi connectivity index (χ0v) is 13.8. The number of likely N-dealkylation sites (tertiary alicyclic amines) is 2. The number of nitrogens with zero attached hydrogens (tertiary/aromatic N) is 3. The van der Waals surface area contributed by atoms with Crippen molar-refractivity contribution in [2.45, 2.75) is 77.5 Å². The van der Waals surface area contributed by atoms with Crippen molar-refractivity contribution in [3.8, 4) is 0 Å². The SMILES string of the molecule is [2H]C([2H])([2H])N(C1CCN(C(C)C)CC1)C1CCN(C(C)C)CC1. The van der Waals surface area contributed by atoms with Crippen LogP contribution in [-0.4, -0.2) is 72.0 Å². The molecule has 2 fully saturated rings. The van der Waals surface area contributed by atoms with Gasteiger partial charge in [-0.05, 0) is 86.5 Å². The Bertz CT molecular complexity index is 327. The molecular weight excluding hydrogens is 246 g/mol. The van der Waals surface area contributed by atoms with E-state index in [2.05, 4.69) is 37.5 Å². The van der Waals surface area contributed by atoms with Crippen LogP contribution in [0.1, 0.15) is 57.5 Å². The van der Waals surface area contributed by atoms with E-state index in [9.17, 15) is 0 Å². The maximum atomic E-state index is 8.06. The second kappa shape index (κ2) is 7.24. The van der Waals surface area contributed by atoms with Gasteiger partial charge >= 0.3 is 0 Å². The highest BCUT2D eigenvalue weighted by Gasteiger charge is 2.30. The zero-order chi connectivity index (χ0) is 17.2. The van der Waals surface area contributed by atoms with E-state index in [0.29, 0.717) is 12.1 Å². The zero-order valence-electron chi connectivity index (χ0n) is 16.8. The van der Waals surface area contributed by atoms with Crippen LogP contribution in [0.5, 0.6) is 0 Å². The van der Waals surface area contributed by atoms with Crippen LogP contribution in [0.3, 0.4) is 0 Å². The molecule has 0 aromatic heterocycles. The number of hydrogen-bond acceptors (Lipinski definition) is 3. The lowest BCUT2D eigenvalue weighted by atomic mass is 9.96. The smallest absolute Gasteiger partial charge is 0.0394 e. The molecule has 2 heterocycles. The van der Waals surface area contributed by atoms with E-state index in [-0.39, 0.29) is 12.1 Å². The van der Waals surface area contributed by atoms with E-state index in [1.807, 2.05) is 4.90 Å². The Labute approximate surface area is 130 Å². The molecule has 0 radical (unpaired) electrons. The third-order valence-electron chi connectivity index (χ3n) is 5.25. The summed E-state index contributed by atoms with van der Waals surface area (Å²) >= 11 is 0. The molecule has 0 aromatic carbocycles. The summed E-state index contributed by atoms with van der Waals surface area (Å²) in [4.78, 5) is 6.84. The fourth-order valence-corrected chi connectivity index (χ4v) is 3.66. The number of rotatable bonds is 4. The Morgan fingerprint density at radius 1 is 0.800 bits per heavy atom. The summed E-state index contributed by atoms with van der Waals surface area (Å²) in [5, 5.41) is 0. The topological polar surface area (TPSA) is 9.72 Å². The molecule has 2 aliphatic heterocycles. The monoisotopic (exact) mass is 284 g/mol. The molecule has 20 heavy (non-hydrogen) atoms. The minimum absolute atomic E-state index is 0.216. The summed E-state index contributed by atoms with van der Waals surface area (Å²) in [7, 11) is 0. The van der Waals surface area contributed by atoms with Crippen molar-refractivity contribution in [3.63, 3.8) is 0 Å². The lowest BCUT2D eigenvalue weighted by molar-refractivity contribution is 0.0474. The second-order valence-corrected chi connectivity index (χ2v) is 7.13. The summed E-state index contributed by atoms with van der Waals surface area (Å²) in [6.07, 6.45) is 3.95. The van der Waals surface area contributed by atoms with Crippen LogP contribution in [0.25, 0.3) is 0 Å². The highest BCUT2D eigenvalue weighted by Crippen LogP contribution is 2.24. The normalized spacial score (nSPS) is 28.1. The van der Waals surface area contributed by atoms with Gasteiger partial charge in [0.25, 0.3) is 0 Å². The van der Waals surface area contributed by atoms with Gasteiger partial charge in [0.1, 0.15) is 0 Å². The van der Waals surface area contributed by atoms with Gasteiger partial charge in [-0.1, -0.05) is 0 Å². The predicted molar refractivity (Wildman–Crippen MR) is 87.2 cm³/mol.